The number of carbonyl (C=O) groups excluding carboxylic acids is 1. The Bertz CT molecular complexity index is 738. The molecule has 0 aliphatic heterocycles. The van der Waals surface area contributed by atoms with Crippen LogP contribution in [-0.2, 0) is 6.54 Å². The first-order valence-corrected chi connectivity index (χ1v) is 9.22. The molecule has 0 spiro atoms. The molecule has 0 aliphatic carbocycles. The molecule has 0 saturated carbocycles. The average Bonchev–Trinajstić information content (AvgIpc) is 2.71. The van der Waals surface area contributed by atoms with Crippen molar-refractivity contribution < 1.29 is 9.53 Å². The van der Waals surface area contributed by atoms with Gasteiger partial charge in [-0.1, -0.05) is 30.3 Å². The number of hydrogen-bond acceptors (Lipinski definition) is 3. The quantitative estimate of drug-likeness (QED) is 0.216. The zero-order chi connectivity index (χ0) is 19.3. The van der Waals surface area contributed by atoms with Crippen LogP contribution in [0.15, 0.2) is 59.6 Å². The first kappa shape index (κ1) is 23.7. The summed E-state index contributed by atoms with van der Waals surface area (Å²) in [5.74, 6) is 1.55. The second kappa shape index (κ2) is 13.8. The summed E-state index contributed by atoms with van der Waals surface area (Å²) in [6, 6.07) is 17.4. The van der Waals surface area contributed by atoms with Crippen LogP contribution in [0.1, 0.15) is 29.3 Å². The number of hydrogen-bond donors (Lipinski definition) is 3. The zero-order valence-electron chi connectivity index (χ0n) is 16.4. The highest BCUT2D eigenvalue weighted by molar-refractivity contribution is 14.0. The molecule has 0 aromatic heterocycles. The summed E-state index contributed by atoms with van der Waals surface area (Å²) >= 11 is 0. The van der Waals surface area contributed by atoms with E-state index in [1.54, 1.807) is 7.05 Å². The zero-order valence-corrected chi connectivity index (χ0v) is 18.7. The van der Waals surface area contributed by atoms with Crippen molar-refractivity contribution in [1.29, 1.82) is 0 Å². The Kier molecular flexibility index (Phi) is 11.7. The summed E-state index contributed by atoms with van der Waals surface area (Å²) < 4.78 is 5.67. The number of halogens is 1. The number of carbonyl (C=O) groups is 1. The number of aliphatic imine (C=N–C) groups is 1. The minimum absolute atomic E-state index is 0. The van der Waals surface area contributed by atoms with E-state index in [-0.39, 0.29) is 29.9 Å². The molecular weight excluding hydrogens is 467 g/mol. The van der Waals surface area contributed by atoms with E-state index in [1.165, 1.54) is 0 Å². The number of guanidine groups is 1. The van der Waals surface area contributed by atoms with Crippen molar-refractivity contribution in [2.45, 2.75) is 19.9 Å². The van der Waals surface area contributed by atoms with Gasteiger partial charge in [-0.25, -0.2) is 0 Å². The molecule has 28 heavy (non-hydrogen) atoms. The van der Waals surface area contributed by atoms with Gasteiger partial charge in [-0.2, -0.15) is 0 Å². The molecule has 0 unspecified atom stereocenters. The third kappa shape index (κ3) is 8.60. The van der Waals surface area contributed by atoms with Crippen LogP contribution in [0.3, 0.4) is 0 Å². The highest BCUT2D eigenvalue weighted by Crippen LogP contribution is 2.08. The fraction of sp³-hybridized carbons (Fsp3) is 0.333. The monoisotopic (exact) mass is 496 g/mol. The molecule has 3 N–H and O–H groups in total. The number of ether oxygens (including phenoxy) is 1. The van der Waals surface area contributed by atoms with Crippen molar-refractivity contribution in [3.8, 4) is 5.75 Å². The van der Waals surface area contributed by atoms with Gasteiger partial charge in [-0.15, -0.1) is 24.0 Å². The number of amides is 1. The molecule has 2 aromatic carbocycles. The molecule has 0 heterocycles. The predicted molar refractivity (Wildman–Crippen MR) is 125 cm³/mol. The molecule has 1 amide bonds. The number of nitrogens with zero attached hydrogens (tertiary/aromatic N) is 1. The van der Waals surface area contributed by atoms with E-state index >= 15 is 0 Å². The van der Waals surface area contributed by atoms with E-state index in [0.717, 1.165) is 30.2 Å². The van der Waals surface area contributed by atoms with Crippen LogP contribution >= 0.6 is 24.0 Å². The van der Waals surface area contributed by atoms with E-state index in [1.807, 2.05) is 61.5 Å². The first-order valence-electron chi connectivity index (χ1n) is 9.22. The fourth-order valence-electron chi connectivity index (χ4n) is 2.48. The summed E-state index contributed by atoms with van der Waals surface area (Å²) in [5, 5.41) is 9.33. The third-order valence-corrected chi connectivity index (χ3v) is 3.84. The number of nitrogens with one attached hydrogen (secondary N) is 3. The van der Waals surface area contributed by atoms with Gasteiger partial charge in [0.1, 0.15) is 5.75 Å². The molecule has 0 saturated heterocycles. The van der Waals surface area contributed by atoms with E-state index in [4.69, 9.17) is 4.74 Å². The van der Waals surface area contributed by atoms with Gasteiger partial charge in [0.15, 0.2) is 5.96 Å². The summed E-state index contributed by atoms with van der Waals surface area (Å²) in [5.41, 5.74) is 1.69. The minimum atomic E-state index is -0.0553. The van der Waals surface area contributed by atoms with Gasteiger partial charge >= 0.3 is 0 Å². The van der Waals surface area contributed by atoms with E-state index in [9.17, 15) is 4.79 Å². The fourth-order valence-corrected chi connectivity index (χ4v) is 2.48. The molecule has 0 radical (unpaired) electrons. The molecule has 0 bridgehead atoms. The summed E-state index contributed by atoms with van der Waals surface area (Å²) in [6.07, 6.45) is 0.863. The molecule has 2 aromatic rings. The van der Waals surface area contributed by atoms with Crippen LogP contribution in [-0.4, -0.2) is 38.6 Å². The lowest BCUT2D eigenvalue weighted by Gasteiger charge is -2.13. The van der Waals surface area contributed by atoms with Gasteiger partial charge in [0.05, 0.1) is 6.61 Å². The molecule has 0 fully saturated rings. The van der Waals surface area contributed by atoms with Crippen LogP contribution in [0.4, 0.5) is 0 Å². The number of benzene rings is 2. The van der Waals surface area contributed by atoms with Crippen LogP contribution < -0.4 is 20.7 Å². The Labute approximate surface area is 184 Å². The topological polar surface area (TPSA) is 74.8 Å². The maximum absolute atomic E-state index is 11.9. The second-order valence-electron chi connectivity index (χ2n) is 5.93. The summed E-state index contributed by atoms with van der Waals surface area (Å²) in [4.78, 5) is 16.1. The van der Waals surface area contributed by atoms with Crippen molar-refractivity contribution >= 4 is 35.8 Å². The molecule has 6 nitrogen and oxygen atoms in total. The Balaban J connectivity index is 0.00000392. The predicted octanol–water partition coefficient (Wildman–Crippen LogP) is 3.19. The van der Waals surface area contributed by atoms with E-state index < -0.39 is 0 Å². The molecule has 152 valence electrons. The molecule has 7 heteroatoms. The maximum Gasteiger partial charge on any atom is 0.251 e. The average molecular weight is 496 g/mol. The van der Waals surface area contributed by atoms with Gasteiger partial charge in [0, 0.05) is 32.2 Å². The summed E-state index contributed by atoms with van der Waals surface area (Å²) in [6.45, 7) is 4.51. The Morgan fingerprint density at radius 3 is 2.54 bits per heavy atom. The van der Waals surface area contributed by atoms with Gasteiger partial charge in [0.2, 0.25) is 0 Å². The maximum atomic E-state index is 11.9. The van der Waals surface area contributed by atoms with Crippen molar-refractivity contribution in [1.82, 2.24) is 16.0 Å². The summed E-state index contributed by atoms with van der Waals surface area (Å²) in [7, 11) is 1.74. The van der Waals surface area contributed by atoms with Gasteiger partial charge in [-0.05, 0) is 43.2 Å². The highest BCUT2D eigenvalue weighted by Gasteiger charge is 2.05. The Morgan fingerprint density at radius 2 is 1.82 bits per heavy atom. The van der Waals surface area contributed by atoms with Crippen molar-refractivity contribution in [2.75, 3.05) is 26.7 Å². The molecule has 0 atom stereocenters. The smallest absolute Gasteiger partial charge is 0.251 e. The van der Waals surface area contributed by atoms with Crippen LogP contribution in [0.25, 0.3) is 0 Å². The van der Waals surface area contributed by atoms with Gasteiger partial charge in [0.25, 0.3) is 5.91 Å². The largest absolute Gasteiger partial charge is 0.494 e. The van der Waals surface area contributed by atoms with Crippen molar-refractivity contribution in [3.63, 3.8) is 0 Å². The lowest BCUT2D eigenvalue weighted by atomic mass is 10.1. The minimum Gasteiger partial charge on any atom is -0.494 e. The molecule has 2 rings (SSSR count). The SMILES string of the molecule is CCNC(=O)c1cccc(CNC(=NC)NCCCOc2ccccc2)c1.I. The molecular formula is C21H29IN4O2. The van der Waals surface area contributed by atoms with Gasteiger partial charge < -0.3 is 20.7 Å². The Morgan fingerprint density at radius 1 is 1.04 bits per heavy atom. The molecule has 0 aliphatic rings. The normalized spacial score (nSPS) is 10.6. The van der Waals surface area contributed by atoms with Crippen molar-refractivity contribution in [3.05, 3.63) is 65.7 Å². The Hall–Kier alpha value is -2.29. The lowest BCUT2D eigenvalue weighted by molar-refractivity contribution is 0.0955. The van der Waals surface area contributed by atoms with E-state index in [2.05, 4.69) is 20.9 Å². The van der Waals surface area contributed by atoms with Crippen LogP contribution in [0.2, 0.25) is 0 Å². The van der Waals surface area contributed by atoms with Crippen molar-refractivity contribution in [2.24, 2.45) is 4.99 Å². The van der Waals surface area contributed by atoms with Crippen LogP contribution in [0, 0.1) is 0 Å². The van der Waals surface area contributed by atoms with Crippen LogP contribution in [0.5, 0.6) is 5.75 Å². The lowest BCUT2D eigenvalue weighted by Crippen LogP contribution is -2.37. The second-order valence-corrected chi connectivity index (χ2v) is 5.93. The van der Waals surface area contributed by atoms with E-state index in [0.29, 0.717) is 25.3 Å². The highest BCUT2D eigenvalue weighted by atomic mass is 127. The van der Waals surface area contributed by atoms with Gasteiger partial charge in [-0.3, -0.25) is 9.79 Å². The standard InChI is InChI=1S/C21H28N4O2.HI/c1-3-23-20(26)18-10-7-9-17(15-18)16-25-21(22-2)24-13-8-14-27-19-11-5-4-6-12-19;/h4-7,9-12,15H,3,8,13-14,16H2,1-2H3,(H,23,26)(H2,22,24,25);1H. The third-order valence-electron chi connectivity index (χ3n) is 3.84. The first-order chi connectivity index (χ1) is 13.2. The number of rotatable bonds is 9. The number of para-hydroxylation sites is 1.